The molecule has 0 fully saturated rings. The number of carbonyl (C=O) groups excluding carboxylic acids is 2. The molecule has 2 N–H and O–H groups in total. The number of rotatable bonds is 8. The number of aryl methyl sites for hydroxylation is 1. The highest BCUT2D eigenvalue weighted by Gasteiger charge is 2.19. The fourth-order valence-electron chi connectivity index (χ4n) is 2.57. The van der Waals surface area contributed by atoms with Crippen LogP contribution >= 0.6 is 0 Å². The predicted octanol–water partition coefficient (Wildman–Crippen LogP) is 2.50. The Balaban J connectivity index is 1.99. The largest absolute Gasteiger partial charge is 0.493 e. The topological polar surface area (TPSA) is 95.1 Å². The smallest absolute Gasteiger partial charge is 0.279 e. The molecular weight excluding hydrogens is 376 g/mol. The first kappa shape index (κ1) is 21.9. The van der Waals surface area contributed by atoms with E-state index in [0.29, 0.717) is 23.0 Å². The molecule has 0 aliphatic carbocycles. The lowest BCUT2D eigenvalue weighted by molar-refractivity contribution is -0.128. The standard InChI is InChI=1S/C21H26N2O6/c1-6-14-7-9-16(10-8-14)29-13(2)20(24)22-23-21(25)15-11-17(26-3)19(28-5)18(12-15)27-4/h7-13H,6H2,1-5H3,(H,22,24)(H,23,25). The number of hydrazine groups is 1. The molecule has 0 spiro atoms. The summed E-state index contributed by atoms with van der Waals surface area (Å²) < 4.78 is 21.3. The third kappa shape index (κ3) is 5.54. The Morgan fingerprint density at radius 1 is 0.931 bits per heavy atom. The summed E-state index contributed by atoms with van der Waals surface area (Å²) >= 11 is 0. The normalized spacial score (nSPS) is 11.2. The van der Waals surface area contributed by atoms with E-state index >= 15 is 0 Å². The maximum Gasteiger partial charge on any atom is 0.279 e. The van der Waals surface area contributed by atoms with Crippen LogP contribution in [0.25, 0.3) is 0 Å². The number of methoxy groups -OCH3 is 3. The van der Waals surface area contributed by atoms with Gasteiger partial charge in [0.15, 0.2) is 17.6 Å². The lowest BCUT2D eigenvalue weighted by Crippen LogP contribution is -2.47. The van der Waals surface area contributed by atoms with Crippen molar-refractivity contribution < 1.29 is 28.5 Å². The fraction of sp³-hybridized carbons (Fsp3) is 0.333. The van der Waals surface area contributed by atoms with Gasteiger partial charge in [0.2, 0.25) is 5.75 Å². The predicted molar refractivity (Wildman–Crippen MR) is 108 cm³/mol. The molecule has 0 radical (unpaired) electrons. The SMILES string of the molecule is CCc1ccc(OC(C)C(=O)NNC(=O)c2cc(OC)c(OC)c(OC)c2)cc1. The number of hydrogen-bond donors (Lipinski definition) is 2. The molecule has 8 nitrogen and oxygen atoms in total. The van der Waals surface area contributed by atoms with Gasteiger partial charge in [0.05, 0.1) is 21.3 Å². The van der Waals surface area contributed by atoms with Crippen molar-refractivity contribution in [2.75, 3.05) is 21.3 Å². The van der Waals surface area contributed by atoms with Crippen molar-refractivity contribution in [3.05, 3.63) is 47.5 Å². The third-order valence-corrected chi connectivity index (χ3v) is 4.24. The maximum absolute atomic E-state index is 12.4. The number of hydrogen-bond acceptors (Lipinski definition) is 6. The summed E-state index contributed by atoms with van der Waals surface area (Å²) in [5.74, 6) is 0.557. The lowest BCUT2D eigenvalue weighted by atomic mass is 10.1. The van der Waals surface area contributed by atoms with Gasteiger partial charge in [-0.05, 0) is 43.2 Å². The summed E-state index contributed by atoms with van der Waals surface area (Å²) in [6, 6.07) is 10.4. The van der Waals surface area contributed by atoms with Crippen molar-refractivity contribution >= 4 is 11.8 Å². The molecule has 2 rings (SSSR count). The molecule has 0 aliphatic heterocycles. The van der Waals surface area contributed by atoms with Crippen LogP contribution in [-0.2, 0) is 11.2 Å². The van der Waals surface area contributed by atoms with Gasteiger partial charge in [-0.2, -0.15) is 0 Å². The van der Waals surface area contributed by atoms with Crippen LogP contribution in [0.2, 0.25) is 0 Å². The summed E-state index contributed by atoms with van der Waals surface area (Å²) in [4.78, 5) is 24.7. The molecule has 0 aliphatic rings. The Morgan fingerprint density at radius 2 is 1.52 bits per heavy atom. The highest BCUT2D eigenvalue weighted by atomic mass is 16.5. The van der Waals surface area contributed by atoms with Crippen LogP contribution in [0.1, 0.15) is 29.8 Å². The Morgan fingerprint density at radius 3 is 2.00 bits per heavy atom. The number of nitrogens with one attached hydrogen (secondary N) is 2. The first-order valence-corrected chi connectivity index (χ1v) is 9.09. The zero-order valence-corrected chi connectivity index (χ0v) is 17.2. The van der Waals surface area contributed by atoms with Crippen LogP contribution in [0.3, 0.4) is 0 Å². The summed E-state index contributed by atoms with van der Waals surface area (Å²) in [6.45, 7) is 3.65. The highest BCUT2D eigenvalue weighted by molar-refractivity contribution is 5.97. The van der Waals surface area contributed by atoms with Crippen LogP contribution in [0.4, 0.5) is 0 Å². The van der Waals surface area contributed by atoms with E-state index in [1.54, 1.807) is 19.1 Å². The average molecular weight is 402 g/mol. The van der Waals surface area contributed by atoms with Crippen molar-refractivity contribution in [3.63, 3.8) is 0 Å². The van der Waals surface area contributed by atoms with E-state index in [1.807, 2.05) is 12.1 Å². The van der Waals surface area contributed by atoms with E-state index in [1.165, 1.54) is 39.0 Å². The van der Waals surface area contributed by atoms with Crippen molar-refractivity contribution in [1.82, 2.24) is 10.9 Å². The molecule has 0 saturated carbocycles. The highest BCUT2D eigenvalue weighted by Crippen LogP contribution is 2.38. The van der Waals surface area contributed by atoms with Crippen LogP contribution in [-0.4, -0.2) is 39.2 Å². The summed E-state index contributed by atoms with van der Waals surface area (Å²) in [5.41, 5.74) is 6.10. The minimum Gasteiger partial charge on any atom is -0.493 e. The number of benzene rings is 2. The fourth-order valence-corrected chi connectivity index (χ4v) is 2.57. The van der Waals surface area contributed by atoms with E-state index < -0.39 is 17.9 Å². The molecule has 0 bridgehead atoms. The molecule has 0 heterocycles. The van der Waals surface area contributed by atoms with Gasteiger partial charge in [-0.3, -0.25) is 20.4 Å². The van der Waals surface area contributed by atoms with Crippen LogP contribution < -0.4 is 29.8 Å². The second-order valence-corrected chi connectivity index (χ2v) is 6.11. The molecule has 0 saturated heterocycles. The van der Waals surface area contributed by atoms with Crippen molar-refractivity contribution in [1.29, 1.82) is 0 Å². The summed E-state index contributed by atoms with van der Waals surface area (Å²) in [7, 11) is 4.37. The van der Waals surface area contributed by atoms with Crippen molar-refractivity contribution in [2.45, 2.75) is 26.4 Å². The molecule has 2 amide bonds. The molecule has 156 valence electrons. The van der Waals surface area contributed by atoms with E-state index in [-0.39, 0.29) is 5.56 Å². The molecule has 29 heavy (non-hydrogen) atoms. The summed E-state index contributed by atoms with van der Waals surface area (Å²) in [5, 5.41) is 0. The number of ether oxygens (including phenoxy) is 4. The molecule has 0 aromatic heterocycles. The van der Waals surface area contributed by atoms with Crippen molar-refractivity contribution in [3.8, 4) is 23.0 Å². The molecule has 1 unspecified atom stereocenters. The van der Waals surface area contributed by atoms with Gasteiger partial charge in [-0.25, -0.2) is 0 Å². The molecule has 1 atom stereocenters. The third-order valence-electron chi connectivity index (χ3n) is 4.24. The number of carbonyl (C=O) groups is 2. The van der Waals surface area contributed by atoms with Crippen LogP contribution in [0, 0.1) is 0 Å². The maximum atomic E-state index is 12.4. The number of amides is 2. The Labute approximate surface area is 170 Å². The second kappa shape index (κ2) is 10.2. The van der Waals surface area contributed by atoms with Gasteiger partial charge in [0, 0.05) is 5.56 Å². The molecular formula is C21H26N2O6. The summed E-state index contributed by atoms with van der Waals surface area (Å²) in [6.07, 6.45) is 0.117. The Kier molecular flexibility index (Phi) is 7.70. The van der Waals surface area contributed by atoms with Gasteiger partial charge in [0.25, 0.3) is 11.8 Å². The molecule has 2 aromatic carbocycles. The van der Waals surface area contributed by atoms with Gasteiger partial charge in [0.1, 0.15) is 5.75 Å². The van der Waals surface area contributed by atoms with E-state index in [9.17, 15) is 9.59 Å². The lowest BCUT2D eigenvalue weighted by Gasteiger charge is -2.16. The zero-order valence-electron chi connectivity index (χ0n) is 17.2. The second-order valence-electron chi connectivity index (χ2n) is 6.11. The first-order valence-electron chi connectivity index (χ1n) is 9.09. The average Bonchev–Trinajstić information content (AvgIpc) is 2.76. The van der Waals surface area contributed by atoms with Gasteiger partial charge in [-0.15, -0.1) is 0 Å². The minimum atomic E-state index is -0.803. The minimum absolute atomic E-state index is 0.225. The van der Waals surface area contributed by atoms with E-state index in [2.05, 4.69) is 17.8 Å². The van der Waals surface area contributed by atoms with Crippen LogP contribution in [0.5, 0.6) is 23.0 Å². The monoisotopic (exact) mass is 402 g/mol. The Bertz CT molecular complexity index is 826. The van der Waals surface area contributed by atoms with E-state index in [4.69, 9.17) is 18.9 Å². The zero-order chi connectivity index (χ0) is 21.4. The van der Waals surface area contributed by atoms with Gasteiger partial charge >= 0.3 is 0 Å². The quantitative estimate of drug-likeness (QED) is 0.659. The molecule has 2 aromatic rings. The van der Waals surface area contributed by atoms with Crippen molar-refractivity contribution in [2.24, 2.45) is 0 Å². The molecule has 8 heteroatoms. The van der Waals surface area contributed by atoms with E-state index in [0.717, 1.165) is 6.42 Å². The first-order chi connectivity index (χ1) is 13.9. The van der Waals surface area contributed by atoms with Gasteiger partial charge < -0.3 is 18.9 Å². The van der Waals surface area contributed by atoms with Crippen LogP contribution in [0.15, 0.2) is 36.4 Å². The Hall–Kier alpha value is -3.42. The van der Waals surface area contributed by atoms with Gasteiger partial charge in [-0.1, -0.05) is 19.1 Å².